The van der Waals surface area contributed by atoms with Gasteiger partial charge in [-0.2, -0.15) is 0 Å². The fourth-order valence-corrected chi connectivity index (χ4v) is 4.86. The first-order valence-corrected chi connectivity index (χ1v) is 13.2. The molecule has 1 heterocycles. The molecule has 0 unspecified atom stereocenters. The van der Waals surface area contributed by atoms with Crippen molar-refractivity contribution in [1.82, 2.24) is 19.8 Å². The number of sulfonamides is 1. The van der Waals surface area contributed by atoms with E-state index >= 15 is 0 Å². The summed E-state index contributed by atoms with van der Waals surface area (Å²) in [7, 11) is -3.70. The number of likely N-dealkylation sites (N-methyl/N-ethyl adjacent to an activating group) is 1. The van der Waals surface area contributed by atoms with E-state index in [2.05, 4.69) is 26.8 Å². The Bertz CT molecular complexity index is 1060. The van der Waals surface area contributed by atoms with Crippen molar-refractivity contribution in [3.63, 3.8) is 0 Å². The first-order valence-electron chi connectivity index (χ1n) is 11.7. The van der Waals surface area contributed by atoms with Crippen molar-refractivity contribution in [3.05, 3.63) is 65.2 Å². The summed E-state index contributed by atoms with van der Waals surface area (Å²) >= 11 is 0. The van der Waals surface area contributed by atoms with Crippen LogP contribution in [-0.4, -0.2) is 75.7 Å². The van der Waals surface area contributed by atoms with Crippen LogP contribution in [0.1, 0.15) is 46.5 Å². The van der Waals surface area contributed by atoms with Crippen molar-refractivity contribution in [3.8, 4) is 0 Å². The molecule has 1 saturated heterocycles. The molecular formula is C25H34N4O4S. The van der Waals surface area contributed by atoms with Crippen LogP contribution in [0.15, 0.2) is 53.4 Å². The van der Waals surface area contributed by atoms with Gasteiger partial charge in [-0.3, -0.25) is 9.59 Å². The number of carbonyl (C=O) groups excluding carboxylic acids is 2. The van der Waals surface area contributed by atoms with Crippen molar-refractivity contribution in [1.29, 1.82) is 0 Å². The molecule has 2 aromatic rings. The van der Waals surface area contributed by atoms with Gasteiger partial charge >= 0.3 is 0 Å². The number of nitrogens with zero attached hydrogens (tertiary/aromatic N) is 2. The lowest BCUT2D eigenvalue weighted by Crippen LogP contribution is -2.46. The van der Waals surface area contributed by atoms with E-state index in [4.69, 9.17) is 0 Å². The first kappa shape index (κ1) is 26.0. The van der Waals surface area contributed by atoms with Crippen molar-refractivity contribution < 1.29 is 18.0 Å². The highest BCUT2D eigenvalue weighted by molar-refractivity contribution is 7.89. The highest BCUT2D eigenvalue weighted by atomic mass is 32.2. The van der Waals surface area contributed by atoms with Crippen LogP contribution in [0.4, 0.5) is 0 Å². The van der Waals surface area contributed by atoms with Gasteiger partial charge in [0.05, 0.1) is 4.90 Å². The molecule has 1 fully saturated rings. The van der Waals surface area contributed by atoms with Crippen LogP contribution in [0.3, 0.4) is 0 Å². The lowest BCUT2D eigenvalue weighted by molar-refractivity contribution is 0.0947. The molecule has 9 heteroatoms. The summed E-state index contributed by atoms with van der Waals surface area (Å²) in [6, 6.07) is 12.7. The van der Waals surface area contributed by atoms with Gasteiger partial charge in [-0.1, -0.05) is 31.2 Å². The number of piperazine rings is 1. The minimum Gasteiger partial charge on any atom is -0.352 e. The third kappa shape index (κ3) is 7.46. The zero-order chi connectivity index (χ0) is 24.6. The topological polar surface area (TPSA) is 98.8 Å². The molecule has 0 bridgehead atoms. The third-order valence-corrected chi connectivity index (χ3v) is 7.52. The maximum Gasteiger partial charge on any atom is 0.251 e. The third-order valence-electron chi connectivity index (χ3n) is 6.10. The largest absolute Gasteiger partial charge is 0.352 e. The summed E-state index contributed by atoms with van der Waals surface area (Å²) in [4.78, 5) is 28.7. The van der Waals surface area contributed by atoms with Crippen LogP contribution in [0, 0.1) is 0 Å². The van der Waals surface area contributed by atoms with Crippen LogP contribution in [0.2, 0.25) is 0 Å². The SMILES string of the molecule is CCN1CCN(CCCNC(=O)c2ccc(CNS(=O)(=O)c3ccc(C(C)=O)cc3)cc2)CC1. The Morgan fingerprint density at radius 3 is 2.06 bits per heavy atom. The summed E-state index contributed by atoms with van der Waals surface area (Å²) in [6.07, 6.45) is 0.908. The van der Waals surface area contributed by atoms with Gasteiger partial charge in [0.25, 0.3) is 5.91 Å². The average molecular weight is 487 g/mol. The van der Waals surface area contributed by atoms with Crippen LogP contribution < -0.4 is 10.0 Å². The molecule has 1 amide bonds. The molecule has 1 aliphatic rings. The maximum atomic E-state index is 12.5. The quantitative estimate of drug-likeness (QED) is 0.373. The normalized spacial score (nSPS) is 15.2. The summed E-state index contributed by atoms with van der Waals surface area (Å²) < 4.78 is 27.5. The molecule has 8 nitrogen and oxygen atoms in total. The number of ketones is 1. The van der Waals surface area contributed by atoms with Crippen molar-refractivity contribution >= 4 is 21.7 Å². The van der Waals surface area contributed by atoms with E-state index in [0.717, 1.165) is 51.3 Å². The minimum absolute atomic E-state index is 0.0979. The number of amides is 1. The van der Waals surface area contributed by atoms with Crippen LogP contribution in [0.25, 0.3) is 0 Å². The Hall–Kier alpha value is -2.59. The fraction of sp³-hybridized carbons (Fsp3) is 0.440. The second-order valence-electron chi connectivity index (χ2n) is 8.49. The van der Waals surface area contributed by atoms with Gasteiger partial charge in [0, 0.05) is 50.4 Å². The van der Waals surface area contributed by atoms with Crippen LogP contribution >= 0.6 is 0 Å². The summed E-state index contributed by atoms with van der Waals surface area (Å²) in [5.41, 5.74) is 1.75. The Kier molecular flexibility index (Phi) is 9.35. The van der Waals surface area contributed by atoms with Crippen molar-refractivity contribution in [2.75, 3.05) is 45.8 Å². The van der Waals surface area contributed by atoms with Crippen molar-refractivity contribution in [2.24, 2.45) is 0 Å². The number of hydrogen-bond donors (Lipinski definition) is 2. The van der Waals surface area contributed by atoms with Gasteiger partial charge in [-0.25, -0.2) is 13.1 Å². The van der Waals surface area contributed by atoms with Gasteiger partial charge in [0.1, 0.15) is 0 Å². The predicted octanol–water partition coefficient (Wildman–Crippen LogP) is 2.13. The smallest absolute Gasteiger partial charge is 0.251 e. The Balaban J connectivity index is 1.41. The number of carbonyl (C=O) groups is 2. The monoisotopic (exact) mass is 486 g/mol. The Morgan fingerprint density at radius 1 is 0.882 bits per heavy atom. The maximum absolute atomic E-state index is 12.5. The number of nitrogens with one attached hydrogen (secondary N) is 2. The van der Waals surface area contributed by atoms with Crippen molar-refractivity contribution in [2.45, 2.75) is 31.7 Å². The van der Waals surface area contributed by atoms with Gasteiger partial charge in [0.15, 0.2) is 5.78 Å². The van der Waals surface area contributed by atoms with E-state index < -0.39 is 10.0 Å². The van der Waals surface area contributed by atoms with Gasteiger partial charge < -0.3 is 15.1 Å². The van der Waals surface area contributed by atoms with Gasteiger partial charge in [0.2, 0.25) is 10.0 Å². The fourth-order valence-electron chi connectivity index (χ4n) is 3.84. The standard InChI is InChI=1S/C25H34N4O4S/c1-3-28-15-17-29(18-16-28)14-4-13-26-25(31)23-7-5-21(6-8-23)19-27-34(32,33)24-11-9-22(10-12-24)20(2)30/h5-12,27H,3-4,13-19H2,1-2H3,(H,26,31). The molecule has 34 heavy (non-hydrogen) atoms. The molecule has 0 saturated carbocycles. The molecule has 0 aromatic heterocycles. The second-order valence-corrected chi connectivity index (χ2v) is 10.3. The first-order chi connectivity index (χ1) is 16.3. The summed E-state index contributed by atoms with van der Waals surface area (Å²) in [5.74, 6) is -0.250. The van der Waals surface area contributed by atoms with E-state index in [0.29, 0.717) is 17.7 Å². The second kappa shape index (κ2) is 12.2. The van der Waals surface area contributed by atoms with E-state index in [1.165, 1.54) is 31.2 Å². The molecule has 2 N–H and O–H groups in total. The van der Waals surface area contributed by atoms with E-state index in [9.17, 15) is 18.0 Å². The Labute approximate surface area is 202 Å². The Morgan fingerprint density at radius 2 is 1.47 bits per heavy atom. The van der Waals surface area contributed by atoms with E-state index in [-0.39, 0.29) is 23.1 Å². The van der Waals surface area contributed by atoms with Crippen LogP contribution in [0.5, 0.6) is 0 Å². The van der Waals surface area contributed by atoms with E-state index in [1.54, 1.807) is 24.3 Å². The zero-order valence-corrected chi connectivity index (χ0v) is 20.7. The predicted molar refractivity (Wildman–Crippen MR) is 132 cm³/mol. The average Bonchev–Trinajstić information content (AvgIpc) is 2.86. The number of rotatable bonds is 11. The zero-order valence-electron chi connectivity index (χ0n) is 19.9. The van der Waals surface area contributed by atoms with Gasteiger partial charge in [-0.15, -0.1) is 0 Å². The highest BCUT2D eigenvalue weighted by Crippen LogP contribution is 2.12. The van der Waals surface area contributed by atoms with E-state index in [1.807, 2.05) is 0 Å². The molecular weight excluding hydrogens is 452 g/mol. The number of Topliss-reactive ketones (excluding diaryl/α,β-unsaturated/α-hetero) is 1. The molecule has 3 rings (SSSR count). The molecule has 0 aliphatic carbocycles. The molecule has 0 radical (unpaired) electrons. The molecule has 184 valence electrons. The summed E-state index contributed by atoms with van der Waals surface area (Å²) in [6.45, 7) is 10.8. The number of benzene rings is 2. The molecule has 2 aromatic carbocycles. The lowest BCUT2D eigenvalue weighted by atomic mass is 10.1. The minimum atomic E-state index is -3.70. The molecule has 0 spiro atoms. The number of hydrogen-bond acceptors (Lipinski definition) is 6. The van der Waals surface area contributed by atoms with Crippen LogP contribution in [-0.2, 0) is 16.6 Å². The van der Waals surface area contributed by atoms with Gasteiger partial charge in [-0.05, 0) is 56.3 Å². The highest BCUT2D eigenvalue weighted by Gasteiger charge is 2.16. The lowest BCUT2D eigenvalue weighted by Gasteiger charge is -2.33. The molecule has 0 atom stereocenters. The molecule has 1 aliphatic heterocycles. The summed E-state index contributed by atoms with van der Waals surface area (Å²) in [5, 5.41) is 2.96.